The van der Waals surface area contributed by atoms with Crippen molar-refractivity contribution in [2.75, 3.05) is 5.32 Å². The number of carbonyl (C=O) groups excluding carboxylic acids is 2. The Morgan fingerprint density at radius 3 is 2.63 bits per heavy atom. The molecule has 1 atom stereocenters. The number of rotatable bonds is 6. The van der Waals surface area contributed by atoms with Crippen molar-refractivity contribution in [1.29, 1.82) is 0 Å². The maximum absolute atomic E-state index is 12.3. The molecule has 2 amide bonds. The molecule has 3 N–H and O–H groups in total. The molecule has 6 nitrogen and oxygen atoms in total. The Labute approximate surface area is 179 Å². The summed E-state index contributed by atoms with van der Waals surface area (Å²) in [6.07, 6.45) is 0.835. The van der Waals surface area contributed by atoms with E-state index in [0.29, 0.717) is 19.5 Å². The summed E-state index contributed by atoms with van der Waals surface area (Å²) in [5.74, 6) is -0.418. The molecule has 1 aliphatic heterocycles. The van der Waals surface area contributed by atoms with Crippen LogP contribution in [-0.2, 0) is 35.5 Å². The van der Waals surface area contributed by atoms with Crippen molar-refractivity contribution >= 4 is 28.8 Å². The van der Waals surface area contributed by atoms with Gasteiger partial charge in [0.15, 0.2) is 0 Å². The van der Waals surface area contributed by atoms with Crippen LogP contribution in [-0.4, -0.2) is 27.7 Å². The smallest absolute Gasteiger partial charge is 0.235 e. The van der Waals surface area contributed by atoms with E-state index in [1.54, 1.807) is 0 Å². The minimum absolute atomic E-state index is 0.0957. The van der Waals surface area contributed by atoms with Crippen LogP contribution < -0.4 is 11.1 Å². The molecule has 154 valence electrons. The fourth-order valence-electron chi connectivity index (χ4n) is 3.71. The Balaban J connectivity index is 1.40. The molecular weight excluding hydrogens is 396 g/mol. The highest BCUT2D eigenvalue weighted by atomic mass is 32.1. The number of benzene rings is 2. The van der Waals surface area contributed by atoms with Crippen LogP contribution in [0.2, 0.25) is 0 Å². The predicted octanol–water partition coefficient (Wildman–Crippen LogP) is 3.04. The number of aryl methyl sites for hydroxylation is 1. The second-order valence-electron chi connectivity index (χ2n) is 7.62. The number of fused-ring (bicyclic) bond motifs is 1. The Morgan fingerprint density at radius 2 is 1.90 bits per heavy atom. The van der Waals surface area contributed by atoms with Gasteiger partial charge in [0.25, 0.3) is 0 Å². The second-order valence-corrected chi connectivity index (χ2v) is 8.56. The number of nitrogens with one attached hydrogen (secondary N) is 1. The van der Waals surface area contributed by atoms with Crippen LogP contribution in [0, 0.1) is 6.92 Å². The van der Waals surface area contributed by atoms with Crippen LogP contribution in [0.4, 0.5) is 5.69 Å². The number of thiazole rings is 1. The van der Waals surface area contributed by atoms with Crippen LogP contribution in [0.3, 0.4) is 0 Å². The molecule has 0 saturated heterocycles. The minimum Gasteiger partial charge on any atom is -0.368 e. The zero-order chi connectivity index (χ0) is 21.1. The molecule has 0 bridgehead atoms. The van der Waals surface area contributed by atoms with Crippen molar-refractivity contribution in [3.63, 3.8) is 0 Å². The SMILES string of the molecule is Cc1ccc(NC(=O)Cc2nc(CN3Cc4ccccc4C[C@H]3C(N)=O)cs2)cc1. The van der Waals surface area contributed by atoms with Gasteiger partial charge in [-0.25, -0.2) is 4.98 Å². The third-order valence-corrected chi connectivity index (χ3v) is 6.18. The van der Waals surface area contributed by atoms with E-state index in [2.05, 4.69) is 27.3 Å². The Kier molecular flexibility index (Phi) is 5.92. The summed E-state index contributed by atoms with van der Waals surface area (Å²) in [5.41, 5.74) is 10.8. The third-order valence-electron chi connectivity index (χ3n) is 5.29. The van der Waals surface area contributed by atoms with E-state index < -0.39 is 0 Å². The molecule has 1 aliphatic rings. The number of anilines is 1. The number of primary amides is 1. The van der Waals surface area contributed by atoms with Crippen LogP contribution in [0.15, 0.2) is 53.9 Å². The van der Waals surface area contributed by atoms with Crippen molar-refractivity contribution in [2.45, 2.75) is 38.9 Å². The van der Waals surface area contributed by atoms with Gasteiger partial charge in [-0.2, -0.15) is 0 Å². The normalized spacial score (nSPS) is 16.1. The van der Waals surface area contributed by atoms with Gasteiger partial charge in [0.1, 0.15) is 5.01 Å². The molecule has 0 fully saturated rings. The number of hydrogen-bond acceptors (Lipinski definition) is 5. The largest absolute Gasteiger partial charge is 0.368 e. The van der Waals surface area contributed by atoms with Gasteiger partial charge in [-0.05, 0) is 36.6 Å². The topological polar surface area (TPSA) is 88.3 Å². The summed E-state index contributed by atoms with van der Waals surface area (Å²) < 4.78 is 0. The average Bonchev–Trinajstić information content (AvgIpc) is 3.15. The first-order chi connectivity index (χ1) is 14.5. The zero-order valence-corrected chi connectivity index (χ0v) is 17.6. The molecule has 0 spiro atoms. The Bertz CT molecular complexity index is 1060. The van der Waals surface area contributed by atoms with Gasteiger partial charge in [0.05, 0.1) is 18.2 Å². The van der Waals surface area contributed by atoms with Crippen molar-refractivity contribution in [3.8, 4) is 0 Å². The van der Waals surface area contributed by atoms with E-state index in [9.17, 15) is 9.59 Å². The highest BCUT2D eigenvalue weighted by Gasteiger charge is 2.30. The molecule has 30 heavy (non-hydrogen) atoms. The summed E-state index contributed by atoms with van der Waals surface area (Å²) in [4.78, 5) is 31.0. The van der Waals surface area contributed by atoms with Gasteiger partial charge < -0.3 is 11.1 Å². The van der Waals surface area contributed by atoms with Gasteiger partial charge in [-0.1, -0.05) is 42.0 Å². The van der Waals surface area contributed by atoms with E-state index in [1.165, 1.54) is 22.5 Å². The number of nitrogens with two attached hydrogens (primary N) is 1. The molecule has 0 aliphatic carbocycles. The summed E-state index contributed by atoms with van der Waals surface area (Å²) in [6, 6.07) is 15.5. The molecular formula is C23H24N4O2S. The third kappa shape index (κ3) is 4.75. The van der Waals surface area contributed by atoms with E-state index >= 15 is 0 Å². The highest BCUT2D eigenvalue weighted by Crippen LogP contribution is 2.25. The molecule has 0 unspecified atom stereocenters. The van der Waals surface area contributed by atoms with Gasteiger partial charge >= 0.3 is 0 Å². The number of nitrogens with zero attached hydrogens (tertiary/aromatic N) is 2. The van der Waals surface area contributed by atoms with Crippen molar-refractivity contribution in [3.05, 3.63) is 81.3 Å². The lowest BCUT2D eigenvalue weighted by atomic mass is 9.93. The first kappa shape index (κ1) is 20.3. The lowest BCUT2D eigenvalue weighted by molar-refractivity contribution is -0.124. The van der Waals surface area contributed by atoms with E-state index in [-0.39, 0.29) is 24.3 Å². The number of carbonyl (C=O) groups is 2. The van der Waals surface area contributed by atoms with Gasteiger partial charge in [-0.15, -0.1) is 11.3 Å². The second kappa shape index (κ2) is 8.77. The summed E-state index contributed by atoms with van der Waals surface area (Å²) in [7, 11) is 0. The van der Waals surface area contributed by atoms with E-state index in [1.807, 2.05) is 48.7 Å². The van der Waals surface area contributed by atoms with Crippen LogP contribution in [0.25, 0.3) is 0 Å². The van der Waals surface area contributed by atoms with E-state index in [4.69, 9.17) is 5.73 Å². The van der Waals surface area contributed by atoms with Gasteiger partial charge in [0.2, 0.25) is 11.8 Å². The summed E-state index contributed by atoms with van der Waals surface area (Å²) in [5, 5.41) is 5.60. The fourth-order valence-corrected chi connectivity index (χ4v) is 4.50. The van der Waals surface area contributed by atoms with Crippen LogP contribution in [0.1, 0.15) is 27.4 Å². The first-order valence-electron chi connectivity index (χ1n) is 9.88. The number of aromatic nitrogens is 1. The summed E-state index contributed by atoms with van der Waals surface area (Å²) >= 11 is 1.46. The number of amides is 2. The standard InChI is InChI=1S/C23H24N4O2S/c1-15-6-8-18(9-7-15)25-21(28)11-22-26-19(14-30-22)13-27-12-17-5-3-2-4-16(17)10-20(27)23(24)29/h2-9,14,20H,10-13H2,1H3,(H2,24,29)(H,25,28)/t20-/m0/s1. The molecule has 2 aromatic carbocycles. The molecule has 3 aromatic rings. The molecule has 0 saturated carbocycles. The maximum atomic E-state index is 12.3. The van der Waals surface area contributed by atoms with Gasteiger partial charge in [-0.3, -0.25) is 14.5 Å². The number of hydrogen-bond donors (Lipinski definition) is 2. The zero-order valence-electron chi connectivity index (χ0n) is 16.8. The van der Waals surface area contributed by atoms with Crippen molar-refractivity contribution in [1.82, 2.24) is 9.88 Å². The predicted molar refractivity (Wildman–Crippen MR) is 118 cm³/mol. The van der Waals surface area contributed by atoms with Crippen molar-refractivity contribution < 1.29 is 9.59 Å². The highest BCUT2D eigenvalue weighted by molar-refractivity contribution is 7.09. The van der Waals surface area contributed by atoms with E-state index in [0.717, 1.165) is 22.0 Å². The summed E-state index contributed by atoms with van der Waals surface area (Å²) in [6.45, 7) is 3.19. The van der Waals surface area contributed by atoms with Gasteiger partial charge in [0, 0.05) is 24.2 Å². The lowest BCUT2D eigenvalue weighted by Crippen LogP contribution is -2.48. The Hall–Kier alpha value is -3.03. The van der Waals surface area contributed by atoms with Crippen LogP contribution >= 0.6 is 11.3 Å². The minimum atomic E-state index is -0.352. The quantitative estimate of drug-likeness (QED) is 0.642. The first-order valence-corrected chi connectivity index (χ1v) is 10.8. The lowest BCUT2D eigenvalue weighted by Gasteiger charge is -2.34. The fraction of sp³-hybridized carbons (Fsp3) is 0.261. The molecule has 1 aromatic heterocycles. The van der Waals surface area contributed by atoms with Crippen molar-refractivity contribution in [2.24, 2.45) is 5.73 Å². The average molecular weight is 421 g/mol. The molecule has 2 heterocycles. The molecule has 7 heteroatoms. The molecule has 0 radical (unpaired) electrons. The van der Waals surface area contributed by atoms with Crippen LogP contribution in [0.5, 0.6) is 0 Å². The molecule has 4 rings (SSSR count). The Morgan fingerprint density at radius 1 is 1.17 bits per heavy atom. The monoisotopic (exact) mass is 420 g/mol. The maximum Gasteiger partial charge on any atom is 0.235 e.